The Morgan fingerprint density at radius 1 is 1.16 bits per heavy atom. The minimum absolute atomic E-state index is 0.0606. The van der Waals surface area contributed by atoms with Crippen molar-refractivity contribution in [1.29, 1.82) is 0 Å². The Morgan fingerprint density at radius 3 is 2.55 bits per heavy atom. The Hall–Kier alpha value is -3.04. The molecule has 2 fully saturated rings. The van der Waals surface area contributed by atoms with E-state index in [1.165, 1.54) is 12.1 Å². The van der Waals surface area contributed by atoms with Crippen LogP contribution in [-0.2, 0) is 11.2 Å². The molecule has 1 saturated carbocycles. The van der Waals surface area contributed by atoms with E-state index in [4.69, 9.17) is 4.74 Å². The molecule has 6 rings (SSSR count). The van der Waals surface area contributed by atoms with Crippen LogP contribution in [0.1, 0.15) is 42.6 Å². The lowest BCUT2D eigenvalue weighted by Gasteiger charge is -2.45. The van der Waals surface area contributed by atoms with E-state index < -0.39 is 23.8 Å². The molecule has 3 heterocycles. The van der Waals surface area contributed by atoms with Crippen LogP contribution in [0.3, 0.4) is 0 Å². The van der Waals surface area contributed by atoms with E-state index in [1.54, 1.807) is 4.90 Å². The smallest absolute Gasteiger partial charge is 0.226 e. The average Bonchev–Trinajstić information content (AvgIpc) is 3.21. The Morgan fingerprint density at radius 2 is 1.87 bits per heavy atom. The largest absolute Gasteiger partial charge is 0.492 e. The number of halogens is 3. The molecular weight excluding hydrogens is 495 g/mol. The third-order valence-corrected chi connectivity index (χ3v) is 8.34. The van der Waals surface area contributed by atoms with Gasteiger partial charge in [-0.25, -0.2) is 8.78 Å². The normalized spacial score (nSPS) is 25.7. The fourth-order valence-electron chi connectivity index (χ4n) is 6.24. The van der Waals surface area contributed by atoms with Crippen molar-refractivity contribution in [3.63, 3.8) is 0 Å². The molecule has 1 saturated heterocycles. The molecule has 2 aromatic carbocycles. The number of ether oxygens (including phenoxy) is 1. The fraction of sp³-hybridized carbons (Fsp3) is 0.483. The van der Waals surface area contributed by atoms with Crippen LogP contribution in [0.5, 0.6) is 5.75 Å². The number of aromatic amines is 1. The fourth-order valence-corrected chi connectivity index (χ4v) is 6.24. The van der Waals surface area contributed by atoms with Crippen molar-refractivity contribution in [3.8, 4) is 5.75 Å². The second-order valence-corrected chi connectivity index (χ2v) is 11.0. The summed E-state index contributed by atoms with van der Waals surface area (Å²) in [5.74, 6) is -1.99. The number of alkyl halides is 1. The van der Waals surface area contributed by atoms with Gasteiger partial charge in [-0.05, 0) is 37.8 Å². The highest BCUT2D eigenvalue weighted by Crippen LogP contribution is 2.45. The van der Waals surface area contributed by atoms with Gasteiger partial charge in [0.1, 0.15) is 30.0 Å². The molecule has 2 aliphatic heterocycles. The number of aromatic nitrogens is 1. The van der Waals surface area contributed by atoms with Crippen molar-refractivity contribution < 1.29 is 27.8 Å². The van der Waals surface area contributed by atoms with Gasteiger partial charge >= 0.3 is 0 Å². The lowest BCUT2D eigenvalue weighted by molar-refractivity contribution is -0.147. The SMILES string of the molecule is C[C@@H]1Cc2c([nH]c3ccccc23)C(c2c(F)cc(OCCN3CC(CF)C3)cc2F)N1C(=O)C1CC(O)C1. The number of nitrogens with zero attached hydrogens (tertiary/aromatic N) is 2. The molecule has 1 amide bonds. The molecule has 38 heavy (non-hydrogen) atoms. The van der Waals surface area contributed by atoms with Crippen LogP contribution < -0.4 is 4.74 Å². The minimum Gasteiger partial charge on any atom is -0.492 e. The van der Waals surface area contributed by atoms with E-state index in [1.807, 2.05) is 36.1 Å². The Kier molecular flexibility index (Phi) is 6.60. The highest BCUT2D eigenvalue weighted by Gasteiger charge is 2.45. The predicted molar refractivity (Wildman–Crippen MR) is 137 cm³/mol. The first-order chi connectivity index (χ1) is 18.3. The summed E-state index contributed by atoms with van der Waals surface area (Å²) in [5, 5.41) is 10.8. The number of carbonyl (C=O) groups is 1. The van der Waals surface area contributed by atoms with E-state index in [0.29, 0.717) is 44.6 Å². The minimum atomic E-state index is -0.973. The molecule has 1 unspecified atom stereocenters. The molecule has 2 atom stereocenters. The maximum Gasteiger partial charge on any atom is 0.226 e. The Labute approximate surface area is 219 Å². The maximum absolute atomic E-state index is 15.8. The number of hydrogen-bond donors (Lipinski definition) is 2. The van der Waals surface area contributed by atoms with E-state index in [-0.39, 0.29) is 48.4 Å². The molecule has 0 bridgehead atoms. The van der Waals surface area contributed by atoms with E-state index in [0.717, 1.165) is 16.5 Å². The number of carbonyl (C=O) groups excluding carboxylic acids is 1. The number of H-pyrrole nitrogens is 1. The molecule has 3 aromatic rings. The molecule has 1 aromatic heterocycles. The Balaban J connectivity index is 1.33. The summed E-state index contributed by atoms with van der Waals surface area (Å²) in [6, 6.07) is 8.80. The number of rotatable bonds is 7. The van der Waals surface area contributed by atoms with E-state index in [2.05, 4.69) is 4.98 Å². The van der Waals surface area contributed by atoms with Crippen LogP contribution in [0.15, 0.2) is 36.4 Å². The molecular formula is C29H32F3N3O3. The zero-order chi connectivity index (χ0) is 26.6. The van der Waals surface area contributed by atoms with Crippen LogP contribution >= 0.6 is 0 Å². The zero-order valence-electron chi connectivity index (χ0n) is 21.3. The van der Waals surface area contributed by atoms with Gasteiger partial charge in [-0.3, -0.25) is 14.1 Å². The monoisotopic (exact) mass is 527 g/mol. The van der Waals surface area contributed by atoms with Gasteiger partial charge in [0.25, 0.3) is 0 Å². The van der Waals surface area contributed by atoms with Gasteiger partial charge in [-0.2, -0.15) is 0 Å². The van der Waals surface area contributed by atoms with Crippen molar-refractivity contribution in [2.75, 3.05) is 32.9 Å². The van der Waals surface area contributed by atoms with Gasteiger partial charge in [-0.15, -0.1) is 0 Å². The van der Waals surface area contributed by atoms with Gasteiger partial charge in [-0.1, -0.05) is 18.2 Å². The van der Waals surface area contributed by atoms with Gasteiger partial charge in [0.2, 0.25) is 5.91 Å². The van der Waals surface area contributed by atoms with Crippen molar-refractivity contribution >= 4 is 16.8 Å². The predicted octanol–water partition coefficient (Wildman–Crippen LogP) is 4.36. The number of nitrogens with one attached hydrogen (secondary N) is 1. The van der Waals surface area contributed by atoms with Crippen LogP contribution in [0.4, 0.5) is 13.2 Å². The highest BCUT2D eigenvalue weighted by molar-refractivity contribution is 5.87. The molecule has 3 aliphatic rings. The van der Waals surface area contributed by atoms with Crippen LogP contribution in [-0.4, -0.2) is 70.9 Å². The summed E-state index contributed by atoms with van der Waals surface area (Å²) in [5.41, 5.74) is 2.23. The molecule has 202 valence electrons. The highest BCUT2D eigenvalue weighted by atomic mass is 19.1. The van der Waals surface area contributed by atoms with Crippen molar-refractivity contribution in [2.45, 2.75) is 44.4 Å². The quantitative estimate of drug-likeness (QED) is 0.479. The number of aliphatic hydroxyl groups excluding tert-OH is 1. The molecule has 2 N–H and O–H groups in total. The number of fused-ring (bicyclic) bond motifs is 3. The third kappa shape index (κ3) is 4.35. The lowest BCUT2D eigenvalue weighted by atomic mass is 9.79. The number of hydrogen-bond acceptors (Lipinski definition) is 4. The molecule has 0 spiro atoms. The van der Waals surface area contributed by atoms with Gasteiger partial charge in [0, 0.05) is 66.2 Å². The number of benzene rings is 2. The molecule has 1 aliphatic carbocycles. The first-order valence-electron chi connectivity index (χ1n) is 13.3. The zero-order valence-corrected chi connectivity index (χ0v) is 21.3. The molecule has 9 heteroatoms. The van der Waals surface area contributed by atoms with Gasteiger partial charge < -0.3 is 19.7 Å². The number of para-hydroxylation sites is 1. The van der Waals surface area contributed by atoms with Crippen molar-refractivity contribution in [1.82, 2.24) is 14.8 Å². The summed E-state index contributed by atoms with van der Waals surface area (Å²) in [6.07, 6.45) is 0.751. The summed E-state index contributed by atoms with van der Waals surface area (Å²) < 4.78 is 49.8. The maximum atomic E-state index is 15.8. The lowest BCUT2D eigenvalue weighted by Crippen LogP contribution is -2.52. The van der Waals surface area contributed by atoms with Crippen molar-refractivity contribution in [2.24, 2.45) is 11.8 Å². The topological polar surface area (TPSA) is 68.8 Å². The molecule has 6 nitrogen and oxygen atoms in total. The second-order valence-electron chi connectivity index (χ2n) is 11.0. The van der Waals surface area contributed by atoms with Crippen LogP contribution in [0.2, 0.25) is 0 Å². The van der Waals surface area contributed by atoms with Crippen LogP contribution in [0.25, 0.3) is 10.9 Å². The summed E-state index contributed by atoms with van der Waals surface area (Å²) in [4.78, 5) is 20.6. The van der Waals surface area contributed by atoms with Gasteiger partial charge in [0.15, 0.2) is 0 Å². The number of aliphatic hydroxyl groups is 1. The summed E-state index contributed by atoms with van der Waals surface area (Å²) in [6.45, 7) is 3.68. The summed E-state index contributed by atoms with van der Waals surface area (Å²) >= 11 is 0. The van der Waals surface area contributed by atoms with Crippen molar-refractivity contribution in [3.05, 3.63) is 64.9 Å². The number of amides is 1. The average molecular weight is 528 g/mol. The first kappa shape index (κ1) is 25.2. The third-order valence-electron chi connectivity index (χ3n) is 8.34. The second kappa shape index (κ2) is 9.93. The molecule has 0 radical (unpaired) electrons. The van der Waals surface area contributed by atoms with Gasteiger partial charge in [0.05, 0.1) is 18.3 Å². The number of likely N-dealkylation sites (tertiary alicyclic amines) is 1. The Bertz CT molecular complexity index is 1330. The summed E-state index contributed by atoms with van der Waals surface area (Å²) in [7, 11) is 0. The van der Waals surface area contributed by atoms with E-state index in [9.17, 15) is 14.3 Å². The van der Waals surface area contributed by atoms with Crippen LogP contribution in [0, 0.1) is 23.5 Å². The standard InChI is InChI=1S/C29H32F3N3O3/c1-16-8-22-21-4-2-3-5-25(21)33-27(22)28(35(16)29(37)18-9-19(36)10-18)26-23(31)11-20(12-24(26)32)38-7-6-34-14-17(13-30)15-34/h2-5,11-12,16-19,28,33,36H,6-10,13-15H2,1H3/t16-,18?,19?,28?/m1/s1. The van der Waals surface area contributed by atoms with E-state index >= 15 is 8.78 Å². The first-order valence-corrected chi connectivity index (χ1v) is 13.3.